The Balaban J connectivity index is 2.23. The van der Waals surface area contributed by atoms with Gasteiger partial charge in [-0.05, 0) is 31.2 Å². The zero-order chi connectivity index (χ0) is 15.2. The van der Waals surface area contributed by atoms with E-state index in [0.29, 0.717) is 15.7 Å². The summed E-state index contributed by atoms with van der Waals surface area (Å²) in [5.74, 6) is 0. The number of nitrogens with one attached hydrogen (secondary N) is 1. The minimum Gasteiger partial charge on any atom is -0.366 e. The van der Waals surface area contributed by atoms with Crippen molar-refractivity contribution in [3.63, 3.8) is 0 Å². The van der Waals surface area contributed by atoms with Gasteiger partial charge in [-0.1, -0.05) is 41.4 Å². The van der Waals surface area contributed by atoms with Crippen molar-refractivity contribution in [1.29, 1.82) is 0 Å². The van der Waals surface area contributed by atoms with Crippen molar-refractivity contribution in [3.05, 3.63) is 52.5 Å². The van der Waals surface area contributed by atoms with E-state index in [1.165, 1.54) is 0 Å². The summed E-state index contributed by atoms with van der Waals surface area (Å²) in [7, 11) is 1.95. The van der Waals surface area contributed by atoms with E-state index >= 15 is 0 Å². The SMILES string of the molecule is CCN(C)/C=N\c1cc(Cl)c(Nc2ccccc2)cc1Cl. The fourth-order valence-corrected chi connectivity index (χ4v) is 2.07. The van der Waals surface area contributed by atoms with Crippen LogP contribution < -0.4 is 5.32 Å². The van der Waals surface area contributed by atoms with Crippen LogP contribution in [0.25, 0.3) is 0 Å². The summed E-state index contributed by atoms with van der Waals surface area (Å²) in [5.41, 5.74) is 2.37. The van der Waals surface area contributed by atoms with Crippen molar-refractivity contribution >= 4 is 46.6 Å². The van der Waals surface area contributed by atoms with Crippen molar-refractivity contribution in [3.8, 4) is 0 Å². The lowest BCUT2D eigenvalue weighted by Crippen LogP contribution is -2.14. The molecular formula is C16H17Cl2N3. The van der Waals surface area contributed by atoms with Crippen LogP contribution in [0, 0.1) is 0 Å². The Morgan fingerprint density at radius 2 is 1.86 bits per heavy atom. The third-order valence-electron chi connectivity index (χ3n) is 2.98. The number of rotatable bonds is 5. The van der Waals surface area contributed by atoms with Crippen LogP contribution in [-0.2, 0) is 0 Å². The van der Waals surface area contributed by atoms with Gasteiger partial charge in [-0.25, -0.2) is 4.99 Å². The first-order valence-corrected chi connectivity index (χ1v) is 7.41. The molecule has 0 bridgehead atoms. The summed E-state index contributed by atoms with van der Waals surface area (Å²) in [6, 6.07) is 13.3. The number of halogens is 2. The molecule has 0 heterocycles. The fourth-order valence-electron chi connectivity index (χ4n) is 1.65. The van der Waals surface area contributed by atoms with Crippen LogP contribution in [0.4, 0.5) is 17.1 Å². The topological polar surface area (TPSA) is 27.6 Å². The van der Waals surface area contributed by atoms with Gasteiger partial charge in [0.1, 0.15) is 0 Å². The van der Waals surface area contributed by atoms with Crippen molar-refractivity contribution in [2.24, 2.45) is 4.99 Å². The van der Waals surface area contributed by atoms with Crippen LogP contribution >= 0.6 is 23.2 Å². The molecule has 0 aliphatic heterocycles. The van der Waals surface area contributed by atoms with Gasteiger partial charge in [-0.2, -0.15) is 0 Å². The van der Waals surface area contributed by atoms with E-state index in [-0.39, 0.29) is 0 Å². The highest BCUT2D eigenvalue weighted by atomic mass is 35.5. The first-order chi connectivity index (χ1) is 10.1. The number of anilines is 2. The highest BCUT2D eigenvalue weighted by Gasteiger charge is 2.07. The Morgan fingerprint density at radius 3 is 2.52 bits per heavy atom. The summed E-state index contributed by atoms with van der Waals surface area (Å²) < 4.78 is 0. The van der Waals surface area contributed by atoms with E-state index in [2.05, 4.69) is 10.3 Å². The molecule has 2 aromatic carbocycles. The zero-order valence-electron chi connectivity index (χ0n) is 12.0. The summed E-state index contributed by atoms with van der Waals surface area (Å²) in [5, 5.41) is 4.37. The summed E-state index contributed by atoms with van der Waals surface area (Å²) in [4.78, 5) is 6.30. The molecule has 0 atom stereocenters. The molecule has 110 valence electrons. The maximum atomic E-state index is 6.29. The van der Waals surface area contributed by atoms with E-state index in [9.17, 15) is 0 Å². The van der Waals surface area contributed by atoms with Crippen LogP contribution in [0.15, 0.2) is 47.5 Å². The van der Waals surface area contributed by atoms with E-state index in [1.54, 1.807) is 18.5 Å². The maximum Gasteiger partial charge on any atom is 0.0910 e. The predicted molar refractivity (Wildman–Crippen MR) is 92.6 cm³/mol. The van der Waals surface area contributed by atoms with Crippen molar-refractivity contribution in [2.75, 3.05) is 18.9 Å². The van der Waals surface area contributed by atoms with Crippen molar-refractivity contribution < 1.29 is 0 Å². The molecule has 0 amide bonds. The molecule has 0 aromatic heterocycles. The van der Waals surface area contributed by atoms with Gasteiger partial charge in [0, 0.05) is 19.3 Å². The van der Waals surface area contributed by atoms with Crippen LogP contribution in [0.3, 0.4) is 0 Å². The molecule has 0 aliphatic rings. The Labute approximate surface area is 135 Å². The number of benzene rings is 2. The molecule has 2 aromatic rings. The number of nitrogens with zero attached hydrogens (tertiary/aromatic N) is 2. The smallest absolute Gasteiger partial charge is 0.0910 e. The molecular weight excluding hydrogens is 305 g/mol. The van der Waals surface area contributed by atoms with Crippen molar-refractivity contribution in [2.45, 2.75) is 6.92 Å². The van der Waals surface area contributed by atoms with Crippen LogP contribution in [0.1, 0.15) is 6.92 Å². The molecule has 1 N–H and O–H groups in total. The lowest BCUT2D eigenvalue weighted by Gasteiger charge is -2.11. The third kappa shape index (κ3) is 4.38. The van der Waals surface area contributed by atoms with Crippen LogP contribution in [0.2, 0.25) is 10.0 Å². The number of aliphatic imine (C=N–C) groups is 1. The lowest BCUT2D eigenvalue weighted by molar-refractivity contribution is 0.552. The molecule has 21 heavy (non-hydrogen) atoms. The van der Waals surface area contributed by atoms with Gasteiger partial charge in [0.25, 0.3) is 0 Å². The molecule has 0 unspecified atom stereocenters. The van der Waals surface area contributed by atoms with Gasteiger partial charge in [0.2, 0.25) is 0 Å². The van der Waals surface area contributed by atoms with Gasteiger partial charge >= 0.3 is 0 Å². The van der Waals surface area contributed by atoms with Crippen LogP contribution in [-0.4, -0.2) is 24.8 Å². The molecule has 0 radical (unpaired) electrons. The average molecular weight is 322 g/mol. The second-order valence-electron chi connectivity index (χ2n) is 4.59. The van der Waals surface area contributed by atoms with E-state index in [1.807, 2.05) is 49.2 Å². The molecule has 0 saturated heterocycles. The summed E-state index contributed by atoms with van der Waals surface area (Å²) in [6.07, 6.45) is 1.74. The Kier molecular flexibility index (Phi) is 5.48. The van der Waals surface area contributed by atoms with Crippen molar-refractivity contribution in [1.82, 2.24) is 4.90 Å². The Hall–Kier alpha value is -1.71. The summed E-state index contributed by atoms with van der Waals surface area (Å²) >= 11 is 12.6. The first kappa shape index (κ1) is 15.7. The predicted octanol–water partition coefficient (Wildman–Crippen LogP) is 5.35. The molecule has 0 saturated carbocycles. The van der Waals surface area contributed by atoms with Gasteiger partial charge in [-0.15, -0.1) is 0 Å². The van der Waals surface area contributed by atoms with Gasteiger partial charge < -0.3 is 10.2 Å². The quantitative estimate of drug-likeness (QED) is 0.594. The minimum atomic E-state index is 0.554. The number of para-hydroxylation sites is 1. The molecule has 0 fully saturated rings. The number of hydrogen-bond acceptors (Lipinski definition) is 2. The maximum absolute atomic E-state index is 6.29. The Bertz CT molecular complexity index is 627. The fraction of sp³-hybridized carbons (Fsp3) is 0.188. The lowest BCUT2D eigenvalue weighted by atomic mass is 10.2. The minimum absolute atomic E-state index is 0.554. The zero-order valence-corrected chi connectivity index (χ0v) is 13.5. The number of hydrogen-bond donors (Lipinski definition) is 1. The van der Waals surface area contributed by atoms with E-state index in [4.69, 9.17) is 23.2 Å². The molecule has 0 aliphatic carbocycles. The third-order valence-corrected chi connectivity index (χ3v) is 3.60. The second-order valence-corrected chi connectivity index (χ2v) is 5.41. The van der Waals surface area contributed by atoms with Gasteiger partial charge in [0.15, 0.2) is 0 Å². The van der Waals surface area contributed by atoms with Crippen LogP contribution in [0.5, 0.6) is 0 Å². The second kappa shape index (κ2) is 7.34. The average Bonchev–Trinajstić information content (AvgIpc) is 2.50. The molecule has 2 rings (SSSR count). The van der Waals surface area contributed by atoms with E-state index in [0.717, 1.165) is 17.9 Å². The standard InChI is InChI=1S/C16H17Cl2N3/c1-3-21(2)11-19-15-9-14(18)16(10-13(15)17)20-12-7-5-4-6-8-12/h4-11,20H,3H2,1-2H3/b19-11-. The molecule has 3 nitrogen and oxygen atoms in total. The Morgan fingerprint density at radius 1 is 1.14 bits per heavy atom. The highest BCUT2D eigenvalue weighted by Crippen LogP contribution is 2.35. The van der Waals surface area contributed by atoms with Gasteiger partial charge in [0.05, 0.1) is 27.8 Å². The van der Waals surface area contributed by atoms with E-state index < -0.39 is 0 Å². The molecule has 5 heteroatoms. The normalized spacial score (nSPS) is 10.9. The molecule has 0 spiro atoms. The highest BCUT2D eigenvalue weighted by molar-refractivity contribution is 6.37. The largest absolute Gasteiger partial charge is 0.366 e. The van der Waals surface area contributed by atoms with Gasteiger partial charge in [-0.3, -0.25) is 0 Å². The first-order valence-electron chi connectivity index (χ1n) is 6.65. The summed E-state index contributed by atoms with van der Waals surface area (Å²) in [6.45, 7) is 2.93. The monoisotopic (exact) mass is 321 g/mol.